The van der Waals surface area contributed by atoms with E-state index < -0.39 is 17.5 Å². The zero-order valence-electron chi connectivity index (χ0n) is 21.2. The summed E-state index contributed by atoms with van der Waals surface area (Å²) in [5, 5.41) is 7.79. The van der Waals surface area contributed by atoms with Gasteiger partial charge in [0.2, 0.25) is 5.91 Å². The predicted molar refractivity (Wildman–Crippen MR) is 141 cm³/mol. The number of benzene rings is 3. The van der Waals surface area contributed by atoms with Crippen molar-refractivity contribution in [1.82, 2.24) is 20.4 Å². The third-order valence-electron chi connectivity index (χ3n) is 7.48. The molecule has 2 fully saturated rings. The van der Waals surface area contributed by atoms with E-state index in [2.05, 4.69) is 15.5 Å². The van der Waals surface area contributed by atoms with Crippen molar-refractivity contribution in [3.05, 3.63) is 77.9 Å². The van der Waals surface area contributed by atoms with E-state index >= 15 is 0 Å². The van der Waals surface area contributed by atoms with Crippen LogP contribution in [0.2, 0.25) is 0 Å². The average Bonchev–Trinajstić information content (AvgIpc) is 3.52. The lowest BCUT2D eigenvalue weighted by atomic mass is 9.90. The van der Waals surface area contributed by atoms with Gasteiger partial charge in [0, 0.05) is 6.54 Å². The Labute approximate surface area is 216 Å². The summed E-state index contributed by atoms with van der Waals surface area (Å²) in [6, 6.07) is 20.8. The van der Waals surface area contributed by atoms with E-state index in [9.17, 15) is 14.4 Å². The second kappa shape index (κ2) is 10.2. The normalized spacial score (nSPS) is 20.8. The van der Waals surface area contributed by atoms with E-state index in [0.717, 1.165) is 52.9 Å². The molecule has 0 aromatic heterocycles. The van der Waals surface area contributed by atoms with Gasteiger partial charge in [0.05, 0.1) is 13.2 Å². The summed E-state index contributed by atoms with van der Waals surface area (Å²) in [4.78, 5) is 42.5. The van der Waals surface area contributed by atoms with Crippen molar-refractivity contribution in [2.24, 2.45) is 0 Å². The minimum Gasteiger partial charge on any atom is -0.497 e. The van der Waals surface area contributed by atoms with Crippen molar-refractivity contribution in [3.63, 3.8) is 0 Å². The molecular formula is C29H32N4O4. The SMILES string of the molecule is COc1ccc([C@H](CNC(=O)CN2C(=O)N[C@](C)(c3ccc4ccccc4c3)C2=O)N2CCCC2)cc1. The quantitative estimate of drug-likeness (QED) is 0.462. The summed E-state index contributed by atoms with van der Waals surface area (Å²) in [5.41, 5.74) is 0.533. The van der Waals surface area contributed by atoms with E-state index in [1.54, 1.807) is 14.0 Å². The fourth-order valence-electron chi connectivity index (χ4n) is 5.28. The number of nitrogens with one attached hydrogen (secondary N) is 2. The molecule has 37 heavy (non-hydrogen) atoms. The van der Waals surface area contributed by atoms with Crippen LogP contribution in [0.15, 0.2) is 66.7 Å². The highest BCUT2D eigenvalue weighted by molar-refractivity contribution is 6.09. The lowest BCUT2D eigenvalue weighted by Gasteiger charge is -2.28. The van der Waals surface area contributed by atoms with E-state index in [4.69, 9.17) is 4.74 Å². The maximum atomic E-state index is 13.4. The van der Waals surface area contributed by atoms with Gasteiger partial charge in [-0.15, -0.1) is 0 Å². The Morgan fingerprint density at radius 2 is 1.73 bits per heavy atom. The maximum absolute atomic E-state index is 13.4. The molecule has 5 rings (SSSR count). The number of imide groups is 1. The van der Waals surface area contributed by atoms with Crippen molar-refractivity contribution in [2.45, 2.75) is 31.3 Å². The number of hydrogen-bond donors (Lipinski definition) is 2. The molecule has 192 valence electrons. The van der Waals surface area contributed by atoms with Crippen LogP contribution in [0.4, 0.5) is 4.79 Å². The van der Waals surface area contributed by atoms with Crippen LogP contribution in [0.5, 0.6) is 5.75 Å². The van der Waals surface area contributed by atoms with Gasteiger partial charge in [-0.3, -0.25) is 19.4 Å². The fourth-order valence-corrected chi connectivity index (χ4v) is 5.28. The third-order valence-corrected chi connectivity index (χ3v) is 7.48. The van der Waals surface area contributed by atoms with Crippen molar-refractivity contribution in [3.8, 4) is 5.75 Å². The predicted octanol–water partition coefficient (Wildman–Crippen LogP) is 3.57. The number of carbonyl (C=O) groups is 3. The van der Waals surface area contributed by atoms with Crippen LogP contribution in [-0.2, 0) is 15.1 Å². The lowest BCUT2D eigenvalue weighted by Crippen LogP contribution is -2.45. The molecule has 0 aliphatic carbocycles. The Kier molecular flexibility index (Phi) is 6.84. The zero-order chi connectivity index (χ0) is 26.0. The number of hydrogen-bond acceptors (Lipinski definition) is 5. The van der Waals surface area contributed by atoms with Crippen LogP contribution in [0.3, 0.4) is 0 Å². The van der Waals surface area contributed by atoms with Crippen molar-refractivity contribution >= 4 is 28.6 Å². The van der Waals surface area contributed by atoms with E-state index in [0.29, 0.717) is 12.1 Å². The second-order valence-electron chi connectivity index (χ2n) is 9.84. The molecule has 4 amide bonds. The summed E-state index contributed by atoms with van der Waals surface area (Å²) in [7, 11) is 1.63. The first-order chi connectivity index (χ1) is 17.9. The number of urea groups is 1. The molecule has 0 unspecified atom stereocenters. The average molecular weight is 501 g/mol. The Morgan fingerprint density at radius 3 is 2.43 bits per heavy atom. The summed E-state index contributed by atoms with van der Waals surface area (Å²) in [6.07, 6.45) is 2.24. The van der Waals surface area contributed by atoms with Crippen molar-refractivity contribution in [1.29, 1.82) is 0 Å². The number of nitrogens with zero attached hydrogens (tertiary/aromatic N) is 2. The number of likely N-dealkylation sites (tertiary alicyclic amines) is 1. The molecule has 3 aromatic carbocycles. The molecule has 2 atom stereocenters. The van der Waals surface area contributed by atoms with Crippen molar-refractivity contribution < 1.29 is 19.1 Å². The molecular weight excluding hydrogens is 468 g/mol. The van der Waals surface area contributed by atoms with Crippen LogP contribution in [-0.4, -0.2) is 60.9 Å². The van der Waals surface area contributed by atoms with Crippen LogP contribution in [0.25, 0.3) is 10.8 Å². The first kappa shape index (κ1) is 24.8. The van der Waals surface area contributed by atoms with Crippen LogP contribution in [0, 0.1) is 0 Å². The smallest absolute Gasteiger partial charge is 0.325 e. The zero-order valence-corrected chi connectivity index (χ0v) is 21.2. The maximum Gasteiger partial charge on any atom is 0.325 e. The highest BCUT2D eigenvalue weighted by atomic mass is 16.5. The van der Waals surface area contributed by atoms with E-state index in [-0.39, 0.29) is 18.5 Å². The van der Waals surface area contributed by atoms with E-state index in [1.807, 2.05) is 66.7 Å². The summed E-state index contributed by atoms with van der Waals surface area (Å²) in [6.45, 7) is 3.66. The molecule has 0 spiro atoms. The highest BCUT2D eigenvalue weighted by Crippen LogP contribution is 2.31. The summed E-state index contributed by atoms with van der Waals surface area (Å²) >= 11 is 0. The molecule has 3 aromatic rings. The van der Waals surface area contributed by atoms with Gasteiger partial charge >= 0.3 is 6.03 Å². The van der Waals surface area contributed by atoms with Crippen LogP contribution >= 0.6 is 0 Å². The van der Waals surface area contributed by atoms with Gasteiger partial charge in [0.15, 0.2) is 0 Å². The number of amides is 4. The molecule has 8 nitrogen and oxygen atoms in total. The largest absolute Gasteiger partial charge is 0.497 e. The minimum atomic E-state index is -1.23. The first-order valence-electron chi connectivity index (χ1n) is 12.7. The fraction of sp³-hybridized carbons (Fsp3) is 0.345. The lowest BCUT2D eigenvalue weighted by molar-refractivity contribution is -0.134. The Bertz CT molecular complexity index is 1320. The molecule has 0 saturated carbocycles. The van der Waals surface area contributed by atoms with Crippen molar-refractivity contribution in [2.75, 3.05) is 33.3 Å². The van der Waals surface area contributed by atoms with Gasteiger partial charge < -0.3 is 15.4 Å². The number of methoxy groups -OCH3 is 1. The Morgan fingerprint density at radius 1 is 1.03 bits per heavy atom. The molecule has 0 bridgehead atoms. The molecule has 2 aliphatic rings. The Balaban J connectivity index is 1.27. The topological polar surface area (TPSA) is 91.0 Å². The molecule has 2 N–H and O–H groups in total. The van der Waals surface area contributed by atoms with Gasteiger partial charge in [-0.1, -0.05) is 48.5 Å². The molecule has 2 saturated heterocycles. The van der Waals surface area contributed by atoms with Gasteiger partial charge in [0.25, 0.3) is 5.91 Å². The molecule has 2 heterocycles. The summed E-state index contributed by atoms with van der Waals surface area (Å²) in [5.74, 6) is -0.0286. The second-order valence-corrected chi connectivity index (χ2v) is 9.84. The first-order valence-corrected chi connectivity index (χ1v) is 12.7. The molecule has 8 heteroatoms. The number of rotatable bonds is 8. The van der Waals surface area contributed by atoms with Crippen LogP contribution < -0.4 is 15.4 Å². The number of fused-ring (bicyclic) bond motifs is 1. The monoisotopic (exact) mass is 500 g/mol. The third kappa shape index (κ3) is 4.89. The number of ether oxygens (including phenoxy) is 1. The minimum absolute atomic E-state index is 0.00308. The highest BCUT2D eigenvalue weighted by Gasteiger charge is 2.49. The number of carbonyl (C=O) groups excluding carboxylic acids is 3. The van der Waals surface area contributed by atoms with E-state index in [1.165, 1.54) is 0 Å². The van der Waals surface area contributed by atoms with Gasteiger partial charge in [-0.2, -0.15) is 0 Å². The molecule has 0 radical (unpaired) electrons. The molecule has 2 aliphatic heterocycles. The van der Waals surface area contributed by atoms with Gasteiger partial charge in [0.1, 0.15) is 17.8 Å². The van der Waals surface area contributed by atoms with Gasteiger partial charge in [-0.25, -0.2) is 4.79 Å². The standard InChI is InChI=1S/C29H32N4O4/c1-29(23-12-9-20-7-3-4-8-22(20)17-23)27(35)33(28(36)31-29)19-26(34)30-18-25(32-15-5-6-16-32)21-10-13-24(37-2)14-11-21/h3-4,7-14,17,25H,5-6,15-16,18-19H2,1-2H3,(H,30,34)(H,31,36)/t25-,29+/m0/s1. The summed E-state index contributed by atoms with van der Waals surface area (Å²) < 4.78 is 5.28. The Hall–Kier alpha value is -3.91. The van der Waals surface area contributed by atoms with Crippen LogP contribution in [0.1, 0.15) is 36.9 Å². The van der Waals surface area contributed by atoms with Gasteiger partial charge in [-0.05, 0) is 73.0 Å².